The molecule has 0 amide bonds. The number of rotatable bonds is 4. The summed E-state index contributed by atoms with van der Waals surface area (Å²) in [6.45, 7) is 1.45. The highest BCUT2D eigenvalue weighted by atomic mass is 79.9. The Balaban J connectivity index is 2.18. The van der Waals surface area contributed by atoms with Crippen LogP contribution >= 0.6 is 15.9 Å². The fraction of sp³-hybridized carbons (Fsp3) is 0.231. The lowest BCUT2D eigenvalue weighted by Gasteiger charge is -2.06. The fourth-order valence-electron chi connectivity index (χ4n) is 1.57. The average Bonchev–Trinajstić information content (AvgIpc) is 2.58. The molecule has 0 radical (unpaired) electrons. The van der Waals surface area contributed by atoms with Crippen LogP contribution in [0.15, 0.2) is 40.6 Å². The molecule has 0 fully saturated rings. The van der Waals surface area contributed by atoms with Crippen molar-refractivity contribution in [3.05, 3.63) is 40.6 Å². The number of ketones is 1. The molecular weight excluding hydrogens is 300 g/mol. The van der Waals surface area contributed by atoms with Crippen LogP contribution in [0.4, 0.5) is 0 Å². The molecule has 0 N–H and O–H groups in total. The van der Waals surface area contributed by atoms with E-state index in [0.29, 0.717) is 10.2 Å². The first-order valence-corrected chi connectivity index (χ1v) is 6.20. The fourth-order valence-corrected chi connectivity index (χ4v) is 2.07. The Labute approximate surface area is 113 Å². The van der Waals surface area contributed by atoms with Crippen LogP contribution < -0.4 is 4.74 Å². The van der Waals surface area contributed by atoms with Gasteiger partial charge in [-0.25, -0.2) is 4.79 Å². The third kappa shape index (κ3) is 2.79. The number of esters is 1. The Kier molecular flexibility index (Phi) is 3.81. The van der Waals surface area contributed by atoms with E-state index in [2.05, 4.69) is 15.9 Å². The first-order valence-electron chi connectivity index (χ1n) is 5.41. The van der Waals surface area contributed by atoms with Crippen LogP contribution in [0.1, 0.15) is 13.3 Å². The number of cyclic esters (lactones) is 1. The number of benzene rings is 1. The molecule has 5 heteroatoms. The summed E-state index contributed by atoms with van der Waals surface area (Å²) < 4.78 is 11.0. The quantitative estimate of drug-likeness (QED) is 0.802. The highest BCUT2D eigenvalue weighted by molar-refractivity contribution is 9.11. The summed E-state index contributed by atoms with van der Waals surface area (Å²) in [6.07, 6.45) is -0.428. The zero-order valence-electron chi connectivity index (χ0n) is 9.68. The Morgan fingerprint density at radius 2 is 2.06 bits per heavy atom. The smallest absolute Gasteiger partial charge is 0.375 e. The molecule has 4 nitrogen and oxygen atoms in total. The number of hydrogen-bond acceptors (Lipinski definition) is 4. The number of ether oxygens (including phenoxy) is 2. The van der Waals surface area contributed by atoms with Crippen molar-refractivity contribution >= 4 is 27.7 Å². The van der Waals surface area contributed by atoms with Crippen LogP contribution in [-0.4, -0.2) is 17.9 Å². The first kappa shape index (κ1) is 12.8. The Morgan fingerprint density at radius 1 is 1.39 bits per heavy atom. The first-order chi connectivity index (χ1) is 8.58. The number of para-hydroxylation sites is 1. The number of halogens is 1. The molecule has 0 saturated heterocycles. The molecule has 1 unspecified atom stereocenters. The van der Waals surface area contributed by atoms with Crippen molar-refractivity contribution in [1.82, 2.24) is 0 Å². The predicted octanol–water partition coefficient (Wildman–Crippen LogP) is 2.58. The molecule has 1 aliphatic rings. The molecule has 1 aromatic carbocycles. The zero-order valence-corrected chi connectivity index (χ0v) is 11.3. The molecule has 0 saturated carbocycles. The molecule has 0 spiro atoms. The molecule has 2 rings (SSSR count). The predicted molar refractivity (Wildman–Crippen MR) is 68.2 cm³/mol. The SMILES string of the molecule is CC(=O)CC1OC(=O)C(Oc2ccccc2)=C1Br. The topological polar surface area (TPSA) is 52.6 Å². The van der Waals surface area contributed by atoms with E-state index < -0.39 is 12.1 Å². The van der Waals surface area contributed by atoms with Crippen molar-refractivity contribution in [2.24, 2.45) is 0 Å². The van der Waals surface area contributed by atoms with Gasteiger partial charge in [0.2, 0.25) is 5.76 Å². The molecule has 1 heterocycles. The van der Waals surface area contributed by atoms with Crippen LogP contribution in [0.5, 0.6) is 5.75 Å². The third-order valence-electron chi connectivity index (χ3n) is 2.37. The van der Waals surface area contributed by atoms with Crippen LogP contribution in [0, 0.1) is 0 Å². The summed E-state index contributed by atoms with van der Waals surface area (Å²) >= 11 is 3.25. The van der Waals surface area contributed by atoms with Gasteiger partial charge in [0.1, 0.15) is 17.6 Å². The minimum Gasteiger partial charge on any atom is -0.450 e. The summed E-state index contributed by atoms with van der Waals surface area (Å²) in [4.78, 5) is 22.7. The number of hydrogen-bond donors (Lipinski definition) is 0. The summed E-state index contributed by atoms with van der Waals surface area (Å²) in [7, 11) is 0. The van der Waals surface area contributed by atoms with E-state index >= 15 is 0 Å². The second-order valence-electron chi connectivity index (χ2n) is 3.89. The summed E-state index contributed by atoms with van der Waals surface area (Å²) in [5.41, 5.74) is 0. The van der Waals surface area contributed by atoms with Crippen LogP contribution in [0.25, 0.3) is 0 Å². The van der Waals surface area contributed by atoms with E-state index in [1.165, 1.54) is 6.92 Å². The summed E-state index contributed by atoms with van der Waals surface area (Å²) in [5.74, 6) is 0.0417. The van der Waals surface area contributed by atoms with E-state index in [9.17, 15) is 9.59 Å². The van der Waals surface area contributed by atoms with Gasteiger partial charge in [-0.3, -0.25) is 4.79 Å². The maximum absolute atomic E-state index is 11.6. The minimum atomic E-state index is -0.575. The van der Waals surface area contributed by atoms with Crippen LogP contribution in [0.3, 0.4) is 0 Å². The molecule has 94 valence electrons. The van der Waals surface area contributed by atoms with Gasteiger partial charge in [-0.2, -0.15) is 0 Å². The second kappa shape index (κ2) is 5.35. The molecule has 1 aliphatic heterocycles. The molecule has 1 aromatic rings. The molecule has 0 bridgehead atoms. The molecular formula is C13H11BrO4. The van der Waals surface area contributed by atoms with Crippen molar-refractivity contribution in [1.29, 1.82) is 0 Å². The number of carbonyl (C=O) groups is 2. The lowest BCUT2D eigenvalue weighted by Crippen LogP contribution is -2.13. The molecule has 1 atom stereocenters. The standard InChI is InChI=1S/C13H11BrO4/c1-8(15)7-10-11(14)12(13(16)18-10)17-9-5-3-2-4-6-9/h2-6,10H,7H2,1H3. The van der Waals surface area contributed by atoms with Crippen molar-refractivity contribution in [2.75, 3.05) is 0 Å². The molecule has 0 aliphatic carbocycles. The summed E-state index contributed by atoms with van der Waals surface area (Å²) in [6, 6.07) is 8.92. The molecule has 0 aromatic heterocycles. The highest BCUT2D eigenvalue weighted by Gasteiger charge is 2.35. The molecule has 18 heavy (non-hydrogen) atoms. The van der Waals surface area contributed by atoms with Crippen LogP contribution in [-0.2, 0) is 14.3 Å². The van der Waals surface area contributed by atoms with E-state index in [4.69, 9.17) is 9.47 Å². The van der Waals surface area contributed by atoms with Gasteiger partial charge in [-0.1, -0.05) is 18.2 Å². The second-order valence-corrected chi connectivity index (χ2v) is 4.75. The lowest BCUT2D eigenvalue weighted by atomic mass is 10.2. The Hall–Kier alpha value is -1.62. The van der Waals surface area contributed by atoms with E-state index in [1.54, 1.807) is 24.3 Å². The maximum Gasteiger partial charge on any atom is 0.375 e. The van der Waals surface area contributed by atoms with Crippen molar-refractivity contribution in [3.8, 4) is 5.75 Å². The van der Waals surface area contributed by atoms with Crippen molar-refractivity contribution in [3.63, 3.8) is 0 Å². The van der Waals surface area contributed by atoms with Crippen molar-refractivity contribution in [2.45, 2.75) is 19.4 Å². The van der Waals surface area contributed by atoms with E-state index in [1.807, 2.05) is 6.07 Å². The van der Waals surface area contributed by atoms with E-state index in [0.717, 1.165) is 0 Å². The zero-order chi connectivity index (χ0) is 13.1. The van der Waals surface area contributed by atoms with Gasteiger partial charge in [0, 0.05) is 6.42 Å². The van der Waals surface area contributed by atoms with Gasteiger partial charge in [0.15, 0.2) is 0 Å². The number of Topliss-reactive ketones (excluding diaryl/α,β-unsaturated/α-hetero) is 1. The monoisotopic (exact) mass is 310 g/mol. The summed E-state index contributed by atoms with van der Waals surface area (Å²) in [5, 5.41) is 0. The Morgan fingerprint density at radius 3 is 2.67 bits per heavy atom. The Bertz CT molecular complexity index is 507. The highest BCUT2D eigenvalue weighted by Crippen LogP contribution is 2.31. The average molecular weight is 311 g/mol. The van der Waals surface area contributed by atoms with Gasteiger partial charge in [0.05, 0.1) is 4.48 Å². The third-order valence-corrected chi connectivity index (χ3v) is 3.24. The minimum absolute atomic E-state index is 0.0503. The maximum atomic E-state index is 11.6. The van der Waals surface area contributed by atoms with Crippen LogP contribution in [0.2, 0.25) is 0 Å². The van der Waals surface area contributed by atoms with Gasteiger partial charge in [0.25, 0.3) is 0 Å². The van der Waals surface area contributed by atoms with Gasteiger partial charge < -0.3 is 9.47 Å². The normalized spacial score (nSPS) is 18.8. The van der Waals surface area contributed by atoms with Gasteiger partial charge in [-0.15, -0.1) is 0 Å². The van der Waals surface area contributed by atoms with E-state index in [-0.39, 0.29) is 18.0 Å². The number of carbonyl (C=O) groups excluding carboxylic acids is 2. The van der Waals surface area contributed by atoms with Gasteiger partial charge >= 0.3 is 5.97 Å². The lowest BCUT2D eigenvalue weighted by molar-refractivity contribution is -0.142. The largest absolute Gasteiger partial charge is 0.450 e. The van der Waals surface area contributed by atoms with Crippen molar-refractivity contribution < 1.29 is 19.1 Å². The van der Waals surface area contributed by atoms with Gasteiger partial charge in [-0.05, 0) is 35.0 Å².